The molecular weight excluding hydrogens is 218 g/mol. The van der Waals surface area contributed by atoms with Gasteiger partial charge in [-0.2, -0.15) is 0 Å². The van der Waals surface area contributed by atoms with Gasteiger partial charge in [0.1, 0.15) is 23.0 Å². The highest BCUT2D eigenvalue weighted by atomic mass is 16.6. The van der Waals surface area contributed by atoms with E-state index in [2.05, 4.69) is 5.43 Å². The van der Waals surface area contributed by atoms with Gasteiger partial charge >= 0.3 is 12.0 Å². The molecule has 1 aromatic heterocycles. The average Bonchev–Trinajstić information content (AvgIpc) is 2.76. The summed E-state index contributed by atoms with van der Waals surface area (Å²) >= 11 is 0. The number of carbonyl (C=O) groups excluding carboxylic acids is 1. The van der Waals surface area contributed by atoms with Crippen molar-refractivity contribution in [2.75, 3.05) is 18.6 Å². The van der Waals surface area contributed by atoms with Gasteiger partial charge in [-0.1, -0.05) is 0 Å². The van der Waals surface area contributed by atoms with Crippen molar-refractivity contribution in [2.24, 2.45) is 0 Å². The highest BCUT2D eigenvalue weighted by molar-refractivity contribution is 5.71. The predicted molar refractivity (Wildman–Crippen MR) is 51.8 cm³/mol. The lowest BCUT2D eigenvalue weighted by atomic mass is 10.4. The Kier molecular flexibility index (Phi) is 2.39. The van der Waals surface area contributed by atoms with E-state index < -0.39 is 11.0 Å². The SMILES string of the molecule is Cc1oc([N+](=O)[O-])cc1NN1CCOC1=O. The Balaban J connectivity index is 2.15. The van der Waals surface area contributed by atoms with Crippen LogP contribution in [0.5, 0.6) is 0 Å². The Bertz CT molecular complexity index is 441. The number of hydrogen-bond acceptors (Lipinski definition) is 6. The molecule has 0 radical (unpaired) electrons. The summed E-state index contributed by atoms with van der Waals surface area (Å²) in [5.41, 5.74) is 3.07. The summed E-state index contributed by atoms with van der Waals surface area (Å²) < 4.78 is 9.57. The maximum Gasteiger partial charge on any atom is 0.435 e. The van der Waals surface area contributed by atoms with Crippen molar-refractivity contribution in [2.45, 2.75) is 6.92 Å². The summed E-state index contributed by atoms with van der Waals surface area (Å²) in [5, 5.41) is 11.7. The zero-order chi connectivity index (χ0) is 11.7. The van der Waals surface area contributed by atoms with Gasteiger partial charge in [0.15, 0.2) is 0 Å². The Hall–Kier alpha value is -2.25. The van der Waals surface area contributed by atoms with E-state index in [9.17, 15) is 14.9 Å². The zero-order valence-corrected chi connectivity index (χ0v) is 8.43. The number of nitrogens with zero attached hydrogens (tertiary/aromatic N) is 2. The van der Waals surface area contributed by atoms with Crippen LogP contribution in [-0.2, 0) is 4.74 Å². The Morgan fingerprint density at radius 2 is 2.38 bits per heavy atom. The number of nitrogens with one attached hydrogen (secondary N) is 1. The van der Waals surface area contributed by atoms with Gasteiger partial charge in [-0.05, 0) is 6.92 Å². The molecule has 1 amide bonds. The molecule has 1 fully saturated rings. The van der Waals surface area contributed by atoms with E-state index in [0.29, 0.717) is 24.6 Å². The molecule has 0 atom stereocenters. The van der Waals surface area contributed by atoms with Crippen molar-refractivity contribution in [3.05, 3.63) is 21.9 Å². The van der Waals surface area contributed by atoms with Gasteiger partial charge in [0.2, 0.25) is 0 Å². The van der Waals surface area contributed by atoms with Crippen LogP contribution in [0.1, 0.15) is 5.76 Å². The minimum atomic E-state index is -0.638. The number of hydrogen-bond donors (Lipinski definition) is 1. The molecule has 2 heterocycles. The number of hydrazine groups is 1. The van der Waals surface area contributed by atoms with Crippen LogP contribution in [0.4, 0.5) is 16.4 Å². The van der Waals surface area contributed by atoms with Gasteiger partial charge in [-0.25, -0.2) is 9.80 Å². The number of anilines is 1. The molecule has 1 aliphatic rings. The number of furan rings is 1. The van der Waals surface area contributed by atoms with E-state index in [1.807, 2.05) is 0 Å². The fraction of sp³-hybridized carbons (Fsp3) is 0.375. The quantitative estimate of drug-likeness (QED) is 0.616. The lowest BCUT2D eigenvalue weighted by Gasteiger charge is -2.13. The van der Waals surface area contributed by atoms with Crippen molar-refractivity contribution >= 4 is 17.7 Å². The first-order valence-corrected chi connectivity index (χ1v) is 4.53. The summed E-state index contributed by atoms with van der Waals surface area (Å²) in [6.45, 7) is 2.25. The number of rotatable bonds is 3. The van der Waals surface area contributed by atoms with E-state index in [1.165, 1.54) is 11.1 Å². The summed E-state index contributed by atoms with van der Waals surface area (Å²) in [6, 6.07) is 1.22. The van der Waals surface area contributed by atoms with Gasteiger partial charge < -0.3 is 9.15 Å². The second-order valence-corrected chi connectivity index (χ2v) is 3.19. The van der Waals surface area contributed by atoms with Crippen LogP contribution in [0.15, 0.2) is 10.5 Å². The molecule has 2 rings (SSSR count). The van der Waals surface area contributed by atoms with E-state index in [0.717, 1.165) is 0 Å². The fourth-order valence-electron chi connectivity index (χ4n) is 1.31. The number of ether oxygens (including phenoxy) is 1. The van der Waals surface area contributed by atoms with Crippen LogP contribution in [0, 0.1) is 17.0 Å². The first kappa shape index (κ1) is 10.3. The Labute approximate surface area is 89.9 Å². The second-order valence-electron chi connectivity index (χ2n) is 3.19. The first-order valence-electron chi connectivity index (χ1n) is 4.53. The topological polar surface area (TPSA) is 97.8 Å². The molecular formula is C8H9N3O5. The standard InChI is InChI=1S/C8H9N3O5/c1-5-6(4-7(16-5)11(13)14)9-10-2-3-15-8(10)12/h4,9H,2-3H2,1H3. The van der Waals surface area contributed by atoms with Crippen molar-refractivity contribution in [1.29, 1.82) is 0 Å². The maximum atomic E-state index is 11.1. The molecule has 0 aromatic carbocycles. The monoisotopic (exact) mass is 227 g/mol. The molecule has 8 nitrogen and oxygen atoms in total. The van der Waals surface area contributed by atoms with Crippen molar-refractivity contribution in [1.82, 2.24) is 5.01 Å². The molecule has 0 unspecified atom stereocenters. The number of aryl methyl sites for hydroxylation is 1. The number of nitro groups is 1. The minimum absolute atomic E-state index is 0.296. The van der Waals surface area contributed by atoms with Gasteiger partial charge in [-0.3, -0.25) is 15.5 Å². The first-order chi connectivity index (χ1) is 7.58. The van der Waals surface area contributed by atoms with Crippen LogP contribution in [0.2, 0.25) is 0 Å². The van der Waals surface area contributed by atoms with E-state index in [-0.39, 0.29) is 5.88 Å². The van der Waals surface area contributed by atoms with Gasteiger partial charge in [0.05, 0.1) is 12.6 Å². The van der Waals surface area contributed by atoms with Crippen LogP contribution >= 0.6 is 0 Å². The molecule has 8 heteroatoms. The molecule has 1 aromatic rings. The molecule has 1 saturated heterocycles. The predicted octanol–water partition coefficient (Wildman–Crippen LogP) is 1.28. The Morgan fingerprint density at radius 3 is 2.88 bits per heavy atom. The van der Waals surface area contributed by atoms with E-state index in [4.69, 9.17) is 9.15 Å². The number of amides is 1. The van der Waals surface area contributed by atoms with Crippen LogP contribution < -0.4 is 5.43 Å². The number of carbonyl (C=O) groups is 1. The molecule has 0 bridgehead atoms. The van der Waals surface area contributed by atoms with Gasteiger partial charge in [0.25, 0.3) is 0 Å². The van der Waals surface area contributed by atoms with Gasteiger partial charge in [0, 0.05) is 0 Å². The van der Waals surface area contributed by atoms with Crippen molar-refractivity contribution in [3.63, 3.8) is 0 Å². The fourth-order valence-corrected chi connectivity index (χ4v) is 1.31. The van der Waals surface area contributed by atoms with Crippen molar-refractivity contribution in [3.8, 4) is 0 Å². The number of cyclic esters (lactones) is 1. The largest absolute Gasteiger partial charge is 0.446 e. The molecule has 1 aliphatic heterocycles. The minimum Gasteiger partial charge on any atom is -0.446 e. The molecule has 86 valence electrons. The maximum absolute atomic E-state index is 11.1. The molecule has 0 aliphatic carbocycles. The summed E-state index contributed by atoms with van der Waals surface area (Å²) in [7, 11) is 0. The van der Waals surface area contributed by atoms with Crippen LogP contribution in [-0.4, -0.2) is 29.2 Å². The molecule has 1 N–H and O–H groups in total. The highest BCUT2D eigenvalue weighted by Crippen LogP contribution is 2.26. The highest BCUT2D eigenvalue weighted by Gasteiger charge is 2.24. The lowest BCUT2D eigenvalue weighted by Crippen LogP contribution is -2.30. The summed E-state index contributed by atoms with van der Waals surface area (Å²) in [6.07, 6.45) is -0.511. The normalized spacial score (nSPS) is 15.1. The average molecular weight is 227 g/mol. The van der Waals surface area contributed by atoms with Crippen molar-refractivity contribution < 1.29 is 18.9 Å². The van der Waals surface area contributed by atoms with Crippen LogP contribution in [0.25, 0.3) is 0 Å². The molecule has 0 saturated carbocycles. The lowest BCUT2D eigenvalue weighted by molar-refractivity contribution is -0.402. The third-order valence-electron chi connectivity index (χ3n) is 2.10. The molecule has 16 heavy (non-hydrogen) atoms. The van der Waals surface area contributed by atoms with E-state index >= 15 is 0 Å². The second kappa shape index (κ2) is 3.72. The summed E-state index contributed by atoms with van der Waals surface area (Å²) in [4.78, 5) is 20.9. The van der Waals surface area contributed by atoms with E-state index in [1.54, 1.807) is 6.92 Å². The van der Waals surface area contributed by atoms with Crippen LogP contribution in [0.3, 0.4) is 0 Å². The molecule has 0 spiro atoms. The van der Waals surface area contributed by atoms with Gasteiger partial charge in [-0.15, -0.1) is 0 Å². The third-order valence-corrected chi connectivity index (χ3v) is 2.10. The zero-order valence-electron chi connectivity index (χ0n) is 8.43. The summed E-state index contributed by atoms with van der Waals surface area (Å²) in [5.74, 6) is -0.0287. The smallest absolute Gasteiger partial charge is 0.435 e. The Morgan fingerprint density at radius 1 is 1.62 bits per heavy atom. The third kappa shape index (κ3) is 1.76.